The summed E-state index contributed by atoms with van der Waals surface area (Å²) in [6.45, 7) is 5.51. The van der Waals surface area contributed by atoms with Crippen molar-refractivity contribution in [2.24, 2.45) is 5.92 Å². The fourth-order valence-electron chi connectivity index (χ4n) is 1.89. The summed E-state index contributed by atoms with van der Waals surface area (Å²) < 4.78 is 5.19. The summed E-state index contributed by atoms with van der Waals surface area (Å²) in [5.41, 5.74) is 0. The Kier molecular flexibility index (Phi) is 5.78. The average molecular weight is 222 g/mol. The molecule has 3 nitrogen and oxygen atoms in total. The summed E-state index contributed by atoms with van der Waals surface area (Å²) in [4.78, 5) is 2.34. The number of rotatable bonds is 5. The van der Waals surface area contributed by atoms with E-state index in [0.29, 0.717) is 18.4 Å². The molecule has 0 amide bonds. The Morgan fingerprint density at radius 3 is 2.64 bits per heavy atom. The Morgan fingerprint density at radius 2 is 2.14 bits per heavy atom. The van der Waals surface area contributed by atoms with Crippen LogP contribution in [-0.2, 0) is 4.74 Å². The van der Waals surface area contributed by atoms with Gasteiger partial charge in [0, 0.05) is 24.9 Å². The normalized spacial score (nSPS) is 22.5. The van der Waals surface area contributed by atoms with Crippen LogP contribution in [0, 0.1) is 5.92 Å². The standard InChI is InChI=1S/C10H20ClNO2/c1-2-14-10(13)9-3-6-12(7-4-9)8-5-11/h9-10,13H,2-8H2,1H3. The van der Waals surface area contributed by atoms with Gasteiger partial charge in [0.1, 0.15) is 0 Å². The van der Waals surface area contributed by atoms with Gasteiger partial charge in [-0.15, -0.1) is 11.6 Å². The predicted molar refractivity (Wildman–Crippen MR) is 57.5 cm³/mol. The van der Waals surface area contributed by atoms with Crippen molar-refractivity contribution in [3.63, 3.8) is 0 Å². The lowest BCUT2D eigenvalue weighted by Crippen LogP contribution is -2.39. The van der Waals surface area contributed by atoms with Gasteiger partial charge >= 0.3 is 0 Å². The molecule has 1 fully saturated rings. The summed E-state index contributed by atoms with van der Waals surface area (Å²) in [6.07, 6.45) is 1.45. The van der Waals surface area contributed by atoms with Gasteiger partial charge in [-0.2, -0.15) is 0 Å². The number of piperidine rings is 1. The third-order valence-corrected chi connectivity index (χ3v) is 2.94. The fraction of sp³-hybridized carbons (Fsp3) is 1.00. The maximum Gasteiger partial charge on any atom is 0.157 e. The number of hydrogen-bond donors (Lipinski definition) is 1. The van der Waals surface area contributed by atoms with Gasteiger partial charge in [0.2, 0.25) is 0 Å². The van der Waals surface area contributed by atoms with Crippen molar-refractivity contribution in [1.29, 1.82) is 0 Å². The molecule has 1 aliphatic heterocycles. The molecule has 1 N–H and O–H groups in total. The molecule has 1 rings (SSSR count). The highest BCUT2D eigenvalue weighted by Gasteiger charge is 2.24. The van der Waals surface area contributed by atoms with Gasteiger partial charge in [0.05, 0.1) is 0 Å². The molecule has 84 valence electrons. The highest BCUT2D eigenvalue weighted by atomic mass is 35.5. The van der Waals surface area contributed by atoms with E-state index in [-0.39, 0.29) is 0 Å². The topological polar surface area (TPSA) is 32.7 Å². The molecule has 0 saturated carbocycles. The highest BCUT2D eigenvalue weighted by molar-refractivity contribution is 6.18. The smallest absolute Gasteiger partial charge is 0.157 e. The molecule has 1 unspecified atom stereocenters. The summed E-state index contributed by atoms with van der Waals surface area (Å²) in [7, 11) is 0. The molecule has 0 bridgehead atoms. The second kappa shape index (κ2) is 6.62. The SMILES string of the molecule is CCOC(O)C1CCN(CCCl)CC1. The van der Waals surface area contributed by atoms with Crippen LogP contribution in [0.2, 0.25) is 0 Å². The highest BCUT2D eigenvalue weighted by Crippen LogP contribution is 2.21. The van der Waals surface area contributed by atoms with Gasteiger partial charge in [-0.3, -0.25) is 0 Å². The molecule has 1 heterocycles. The van der Waals surface area contributed by atoms with E-state index in [0.717, 1.165) is 32.5 Å². The first-order chi connectivity index (χ1) is 6.77. The maximum atomic E-state index is 9.62. The van der Waals surface area contributed by atoms with Gasteiger partial charge in [0.15, 0.2) is 6.29 Å². The van der Waals surface area contributed by atoms with E-state index < -0.39 is 6.29 Å². The Labute approximate surface area is 91.0 Å². The number of likely N-dealkylation sites (tertiary alicyclic amines) is 1. The number of alkyl halides is 1. The molecular weight excluding hydrogens is 202 g/mol. The van der Waals surface area contributed by atoms with E-state index in [1.54, 1.807) is 0 Å². The van der Waals surface area contributed by atoms with Crippen molar-refractivity contribution in [3.8, 4) is 0 Å². The Balaban J connectivity index is 2.21. The first kappa shape index (κ1) is 12.2. The number of nitrogens with zero attached hydrogens (tertiary/aromatic N) is 1. The lowest BCUT2D eigenvalue weighted by Gasteiger charge is -2.33. The number of aliphatic hydroxyl groups excluding tert-OH is 1. The molecule has 0 aromatic carbocycles. The van der Waals surface area contributed by atoms with E-state index in [1.165, 1.54) is 0 Å². The van der Waals surface area contributed by atoms with Gasteiger partial charge in [0.25, 0.3) is 0 Å². The zero-order chi connectivity index (χ0) is 10.4. The minimum absolute atomic E-state index is 0.307. The van der Waals surface area contributed by atoms with Crippen molar-refractivity contribution in [1.82, 2.24) is 4.90 Å². The molecule has 1 aliphatic rings. The zero-order valence-electron chi connectivity index (χ0n) is 8.79. The molecule has 1 atom stereocenters. The van der Waals surface area contributed by atoms with Crippen LogP contribution in [0.25, 0.3) is 0 Å². The van der Waals surface area contributed by atoms with Crippen LogP contribution >= 0.6 is 11.6 Å². The summed E-state index contributed by atoms with van der Waals surface area (Å²) in [5, 5.41) is 9.62. The summed E-state index contributed by atoms with van der Waals surface area (Å²) in [5.74, 6) is 1.00. The molecule has 0 aromatic heterocycles. The van der Waals surface area contributed by atoms with E-state index in [9.17, 15) is 5.11 Å². The number of halogens is 1. The monoisotopic (exact) mass is 221 g/mol. The van der Waals surface area contributed by atoms with Crippen molar-refractivity contribution >= 4 is 11.6 Å². The van der Waals surface area contributed by atoms with Crippen molar-refractivity contribution in [2.45, 2.75) is 26.1 Å². The van der Waals surface area contributed by atoms with Crippen LogP contribution in [0.1, 0.15) is 19.8 Å². The number of ether oxygens (including phenoxy) is 1. The molecule has 0 aromatic rings. The van der Waals surface area contributed by atoms with Crippen LogP contribution in [-0.4, -0.2) is 48.4 Å². The molecule has 0 radical (unpaired) electrons. The lowest BCUT2D eigenvalue weighted by atomic mass is 9.96. The molecule has 4 heteroatoms. The first-order valence-electron chi connectivity index (χ1n) is 5.36. The van der Waals surface area contributed by atoms with Crippen molar-refractivity contribution in [3.05, 3.63) is 0 Å². The second-order valence-electron chi connectivity index (χ2n) is 3.71. The van der Waals surface area contributed by atoms with Crippen molar-refractivity contribution < 1.29 is 9.84 Å². The number of hydrogen-bond acceptors (Lipinski definition) is 3. The Bertz CT molecular complexity index is 149. The molecular formula is C10H20ClNO2. The average Bonchev–Trinajstić information content (AvgIpc) is 2.20. The quantitative estimate of drug-likeness (QED) is 0.561. The van der Waals surface area contributed by atoms with Crippen LogP contribution in [0.15, 0.2) is 0 Å². The number of aliphatic hydroxyl groups is 1. The molecule has 14 heavy (non-hydrogen) atoms. The van der Waals surface area contributed by atoms with E-state index in [4.69, 9.17) is 16.3 Å². The van der Waals surface area contributed by atoms with Crippen molar-refractivity contribution in [2.75, 3.05) is 32.1 Å². The van der Waals surface area contributed by atoms with Crippen LogP contribution in [0.5, 0.6) is 0 Å². The third-order valence-electron chi connectivity index (χ3n) is 2.77. The molecule has 0 spiro atoms. The summed E-state index contributed by atoms with van der Waals surface area (Å²) in [6, 6.07) is 0. The lowest BCUT2D eigenvalue weighted by molar-refractivity contribution is -0.140. The van der Waals surface area contributed by atoms with Gasteiger partial charge in [-0.1, -0.05) is 0 Å². The minimum atomic E-state index is -0.571. The maximum absolute atomic E-state index is 9.62. The Hall–Kier alpha value is 0.170. The van der Waals surface area contributed by atoms with E-state index in [2.05, 4.69) is 4.90 Å². The van der Waals surface area contributed by atoms with Gasteiger partial charge in [-0.25, -0.2) is 0 Å². The van der Waals surface area contributed by atoms with E-state index in [1.807, 2.05) is 6.92 Å². The first-order valence-corrected chi connectivity index (χ1v) is 5.89. The molecule has 1 saturated heterocycles. The summed E-state index contributed by atoms with van der Waals surface area (Å²) >= 11 is 5.67. The largest absolute Gasteiger partial charge is 0.368 e. The Morgan fingerprint density at radius 1 is 1.50 bits per heavy atom. The zero-order valence-corrected chi connectivity index (χ0v) is 9.54. The van der Waals surface area contributed by atoms with E-state index >= 15 is 0 Å². The fourth-order valence-corrected chi connectivity index (χ4v) is 2.13. The second-order valence-corrected chi connectivity index (χ2v) is 4.09. The van der Waals surface area contributed by atoms with Crippen LogP contribution in [0.4, 0.5) is 0 Å². The third kappa shape index (κ3) is 3.73. The van der Waals surface area contributed by atoms with Gasteiger partial charge < -0.3 is 14.7 Å². The van der Waals surface area contributed by atoms with Crippen LogP contribution in [0.3, 0.4) is 0 Å². The van der Waals surface area contributed by atoms with Crippen LogP contribution < -0.4 is 0 Å². The predicted octanol–water partition coefficient (Wildman–Crippen LogP) is 1.29. The van der Waals surface area contributed by atoms with Gasteiger partial charge in [-0.05, 0) is 32.9 Å². The minimum Gasteiger partial charge on any atom is -0.368 e. The molecule has 0 aliphatic carbocycles.